The normalized spacial score (nSPS) is 22.3. The minimum absolute atomic E-state index is 0.0165. The van der Waals surface area contributed by atoms with Crippen molar-refractivity contribution in [3.05, 3.63) is 104 Å². The van der Waals surface area contributed by atoms with Crippen LogP contribution in [-0.4, -0.2) is 79.4 Å². The van der Waals surface area contributed by atoms with Gasteiger partial charge in [0.2, 0.25) is 20.0 Å². The molecule has 5 aromatic rings. The molecule has 6 aliphatic rings. The number of fused-ring (bicyclic) bond motifs is 6. The third-order valence-corrected chi connectivity index (χ3v) is 21.8. The number of nitrogens with zero attached hydrogens (tertiary/aromatic N) is 2. The number of nitrogens with two attached hydrogens (primary N) is 1. The molecular formula is C59H82BrN9O9S4. The number of rotatable bonds is 14. The topological polar surface area (TPSA) is 262 Å². The fourth-order valence-electron chi connectivity index (χ4n) is 11.1. The van der Waals surface area contributed by atoms with E-state index in [0.29, 0.717) is 29.0 Å². The van der Waals surface area contributed by atoms with E-state index in [4.69, 9.17) is 20.2 Å². The summed E-state index contributed by atoms with van der Waals surface area (Å²) in [6, 6.07) is 19.0. The highest BCUT2D eigenvalue weighted by molar-refractivity contribution is 9.11. The summed E-state index contributed by atoms with van der Waals surface area (Å²) < 4.78 is 69.7. The molecule has 3 aromatic carbocycles. The van der Waals surface area contributed by atoms with Crippen LogP contribution in [0.4, 0.5) is 25.8 Å². The minimum Gasteiger partial charge on any atom is -0.443 e. The van der Waals surface area contributed by atoms with Gasteiger partial charge in [-0.1, -0.05) is 42.5 Å². The van der Waals surface area contributed by atoms with E-state index in [0.717, 1.165) is 96.3 Å². The molecular weight excluding hydrogens is 1190 g/mol. The van der Waals surface area contributed by atoms with E-state index in [2.05, 4.69) is 51.6 Å². The first-order valence-electron chi connectivity index (χ1n) is 28.0. The summed E-state index contributed by atoms with van der Waals surface area (Å²) in [5, 5.41) is 13.5. The second-order valence-corrected chi connectivity index (χ2v) is 31.8. The summed E-state index contributed by atoms with van der Waals surface area (Å²) in [6.07, 6.45) is 14.0. The molecule has 0 atom stereocenters. The molecule has 6 aliphatic carbocycles. The molecule has 0 saturated heterocycles. The van der Waals surface area contributed by atoms with Crippen molar-refractivity contribution in [2.24, 2.45) is 0 Å². The number of thiazole rings is 2. The molecule has 8 N–H and O–H groups in total. The summed E-state index contributed by atoms with van der Waals surface area (Å²) >= 11 is 6.77. The van der Waals surface area contributed by atoms with E-state index in [1.807, 2.05) is 64.2 Å². The highest BCUT2D eigenvalue weighted by Crippen LogP contribution is 2.57. The summed E-state index contributed by atoms with van der Waals surface area (Å²) in [5.74, 6) is 0. The Kier molecular flexibility index (Phi) is 20.1. The van der Waals surface area contributed by atoms with Gasteiger partial charge in [-0.05, 0) is 205 Å². The molecule has 6 fully saturated rings. The molecule has 0 radical (unpaired) electrons. The quantitative estimate of drug-likeness (QED) is 0.0512. The van der Waals surface area contributed by atoms with Crippen molar-refractivity contribution < 1.29 is 40.7 Å². The van der Waals surface area contributed by atoms with E-state index in [-0.39, 0.29) is 50.5 Å². The fourth-order valence-corrected chi connectivity index (χ4v) is 17.3. The van der Waals surface area contributed by atoms with Crippen LogP contribution >= 0.6 is 38.6 Å². The van der Waals surface area contributed by atoms with Gasteiger partial charge >= 0.3 is 18.2 Å². The molecule has 2 heterocycles. The number of hydrogen-bond acceptors (Lipinski definition) is 14. The van der Waals surface area contributed by atoms with Crippen molar-refractivity contribution in [2.75, 3.05) is 11.1 Å². The zero-order chi connectivity index (χ0) is 60.1. The minimum atomic E-state index is -3.96. The number of aryl methyl sites for hydroxylation is 1. The van der Waals surface area contributed by atoms with Crippen LogP contribution in [0.3, 0.4) is 0 Å². The highest BCUT2D eigenvalue weighted by Gasteiger charge is 2.54. The molecule has 0 unspecified atom stereocenters. The van der Waals surface area contributed by atoms with Crippen LogP contribution in [0.25, 0.3) is 10.4 Å². The van der Waals surface area contributed by atoms with E-state index in [9.17, 15) is 31.2 Å². The SMILES string of the molecule is CC(C)NC(=O)OC12CCC(c3ncc(-c4ccc(NC(=O)NCc5ccccc5)cc4S(=O)(=O)NC(C)(C)C)s3)(CC1)CC2.CC(C)NC(=O)OC12CCC(c3ncc(Br)s3)(CC1)CC2.Cc1ccc(N)cc1S(=O)(=O)NC(C)(C)C. The Balaban J connectivity index is 0.000000214. The van der Waals surface area contributed by atoms with Crippen LogP contribution in [0.2, 0.25) is 0 Å². The molecule has 4 bridgehead atoms. The van der Waals surface area contributed by atoms with E-state index < -0.39 is 42.8 Å². The first-order valence-corrected chi connectivity index (χ1v) is 33.4. The lowest BCUT2D eigenvalue weighted by molar-refractivity contribution is -0.0754. The third-order valence-electron chi connectivity index (χ3n) is 15.2. The van der Waals surface area contributed by atoms with Gasteiger partial charge in [0.25, 0.3) is 0 Å². The second kappa shape index (κ2) is 25.6. The Morgan fingerprint density at radius 1 is 0.646 bits per heavy atom. The number of hydrogen-bond donors (Lipinski definition) is 7. The van der Waals surface area contributed by atoms with Gasteiger partial charge in [0.15, 0.2) is 0 Å². The van der Waals surface area contributed by atoms with Gasteiger partial charge in [0, 0.05) is 63.7 Å². The molecule has 0 aliphatic heterocycles. The molecule has 2 aromatic heterocycles. The van der Waals surface area contributed by atoms with Crippen LogP contribution in [0.1, 0.15) is 167 Å². The van der Waals surface area contributed by atoms with Crippen LogP contribution in [0, 0.1) is 6.92 Å². The zero-order valence-corrected chi connectivity index (χ0v) is 53.9. The molecule has 11 rings (SSSR count). The number of carbonyl (C=O) groups is 3. The largest absolute Gasteiger partial charge is 0.443 e. The number of nitrogens with one attached hydrogen (secondary N) is 6. The molecule has 82 heavy (non-hydrogen) atoms. The van der Waals surface area contributed by atoms with Crippen LogP contribution in [0.5, 0.6) is 0 Å². The van der Waals surface area contributed by atoms with Crippen molar-refractivity contribution >= 4 is 88.2 Å². The summed E-state index contributed by atoms with van der Waals surface area (Å²) in [4.78, 5) is 47.4. The number of halogens is 1. The zero-order valence-electron chi connectivity index (χ0n) is 49.0. The van der Waals surface area contributed by atoms with Crippen molar-refractivity contribution in [1.29, 1.82) is 0 Å². The summed E-state index contributed by atoms with van der Waals surface area (Å²) in [6.45, 7) is 20.6. The number of amides is 4. The van der Waals surface area contributed by atoms with Gasteiger partial charge < -0.3 is 36.5 Å². The number of nitrogen functional groups attached to an aromatic ring is 1. The predicted octanol–water partition coefficient (Wildman–Crippen LogP) is 12.7. The lowest BCUT2D eigenvalue weighted by Gasteiger charge is -2.51. The van der Waals surface area contributed by atoms with Gasteiger partial charge in [-0.3, -0.25) is 0 Å². The van der Waals surface area contributed by atoms with Gasteiger partial charge in [0.05, 0.1) is 34.7 Å². The number of ether oxygens (including phenoxy) is 2. The van der Waals surface area contributed by atoms with Crippen LogP contribution in [-0.2, 0) is 46.9 Å². The number of sulfonamides is 2. The molecule has 6 saturated carbocycles. The van der Waals surface area contributed by atoms with Gasteiger partial charge in [-0.2, -0.15) is 0 Å². The van der Waals surface area contributed by atoms with Gasteiger partial charge in [-0.15, -0.1) is 22.7 Å². The number of benzene rings is 3. The van der Waals surface area contributed by atoms with Crippen molar-refractivity contribution in [3.63, 3.8) is 0 Å². The monoisotopic (exact) mass is 1270 g/mol. The lowest BCUT2D eigenvalue weighted by Crippen LogP contribution is -2.52. The van der Waals surface area contributed by atoms with Crippen LogP contribution in [0.15, 0.2) is 92.7 Å². The standard InChI is InChI=1S/C33H43N5O5S2.C15H21BrN2O2S.C11H18N2O2S/c1-22(2)36-30(40)43-33-16-13-32(14-17-33,15-18-33)28-34-21-26(44-28)25-12-11-24(19-27(25)45(41,42)38-31(3,4)5)37-29(39)35-20-23-9-7-6-8-10-23;1-10(2)18-13(19)20-15-6-3-14(4-7-15,5-8-15)12-17-9-11(16)21-12;1-8-5-6-9(12)7-10(8)16(14,15)13-11(2,3)4/h6-12,19,21-22,38H,13-18,20H2,1-5H3,(H,36,40)(H2,35,37,39);9-10H,3-8H2,1-2H3,(H,18,19);5-7,13H,12H2,1-4H3. The molecule has 23 heteroatoms. The second-order valence-electron chi connectivity index (χ2n) is 25.0. The summed E-state index contributed by atoms with van der Waals surface area (Å²) in [5.41, 5.74) is 6.77. The Bertz CT molecular complexity index is 3250. The fraction of sp³-hybridized carbons (Fsp3) is 0.542. The Labute approximate surface area is 501 Å². The number of anilines is 2. The molecule has 18 nitrogen and oxygen atoms in total. The lowest BCUT2D eigenvalue weighted by atomic mass is 9.59. The number of alkyl carbamates (subject to hydrolysis) is 2. The Hall–Kier alpha value is -5.17. The third kappa shape index (κ3) is 16.8. The maximum Gasteiger partial charge on any atom is 0.407 e. The first-order chi connectivity index (χ1) is 38.2. The highest BCUT2D eigenvalue weighted by atomic mass is 79.9. The average Bonchev–Trinajstić information content (AvgIpc) is 4.11. The number of aromatic nitrogens is 2. The van der Waals surface area contributed by atoms with E-state index in [1.54, 1.807) is 90.3 Å². The summed E-state index contributed by atoms with van der Waals surface area (Å²) in [7, 11) is -7.47. The first kappa shape index (κ1) is 64.4. The van der Waals surface area contributed by atoms with Crippen LogP contribution < -0.4 is 36.4 Å². The predicted molar refractivity (Wildman–Crippen MR) is 329 cm³/mol. The Morgan fingerprint density at radius 2 is 1.12 bits per heavy atom. The van der Waals surface area contributed by atoms with E-state index in [1.165, 1.54) is 28.5 Å². The van der Waals surface area contributed by atoms with Gasteiger partial charge in [0.1, 0.15) is 11.2 Å². The van der Waals surface area contributed by atoms with Gasteiger partial charge in [-0.25, -0.2) is 50.6 Å². The Morgan fingerprint density at radius 3 is 1.59 bits per heavy atom. The van der Waals surface area contributed by atoms with Crippen molar-refractivity contribution in [3.8, 4) is 10.4 Å². The molecule has 4 amide bonds. The maximum absolute atomic E-state index is 13.7. The average molecular weight is 1270 g/mol. The van der Waals surface area contributed by atoms with E-state index >= 15 is 0 Å². The van der Waals surface area contributed by atoms with Crippen molar-refractivity contribution in [1.82, 2.24) is 35.4 Å². The van der Waals surface area contributed by atoms with Crippen molar-refractivity contribution in [2.45, 2.75) is 215 Å². The molecule has 448 valence electrons. The number of carbonyl (C=O) groups excluding carboxylic acids is 3. The number of urea groups is 1. The molecule has 0 spiro atoms. The maximum atomic E-state index is 13.7. The smallest absolute Gasteiger partial charge is 0.407 e.